The largest absolute Gasteiger partial charge is 0.464 e. The Bertz CT molecular complexity index is 786. The average Bonchev–Trinajstić information content (AvgIpc) is 3.11. The number of halogens is 1. The molecule has 0 aliphatic rings. The fourth-order valence-corrected chi connectivity index (χ4v) is 2.12. The van der Waals surface area contributed by atoms with Gasteiger partial charge in [0.15, 0.2) is 12.3 Å². The number of rotatable bonds is 3. The fourth-order valence-electron chi connectivity index (χ4n) is 1.54. The SMILES string of the molecule is FCc1nc(C#CCOc2ccn3nccc3n2)cs1. The van der Waals surface area contributed by atoms with Crippen molar-refractivity contribution in [2.45, 2.75) is 6.67 Å². The summed E-state index contributed by atoms with van der Waals surface area (Å²) in [7, 11) is 0. The van der Waals surface area contributed by atoms with Gasteiger partial charge in [0, 0.05) is 23.7 Å². The maximum absolute atomic E-state index is 12.3. The van der Waals surface area contributed by atoms with E-state index >= 15 is 0 Å². The molecule has 3 rings (SSSR count). The van der Waals surface area contributed by atoms with Gasteiger partial charge in [0.05, 0.1) is 6.20 Å². The van der Waals surface area contributed by atoms with Crippen LogP contribution >= 0.6 is 11.3 Å². The van der Waals surface area contributed by atoms with E-state index in [2.05, 4.69) is 26.9 Å². The zero-order chi connectivity index (χ0) is 13.8. The summed E-state index contributed by atoms with van der Waals surface area (Å²) in [6.45, 7) is -0.363. The molecule has 100 valence electrons. The maximum Gasteiger partial charge on any atom is 0.217 e. The molecular weight excluding hydrogens is 279 g/mol. The van der Waals surface area contributed by atoms with Crippen molar-refractivity contribution in [3.63, 3.8) is 0 Å². The third-order valence-electron chi connectivity index (χ3n) is 2.41. The van der Waals surface area contributed by atoms with E-state index in [1.54, 1.807) is 34.4 Å². The second-order valence-electron chi connectivity index (χ2n) is 3.75. The van der Waals surface area contributed by atoms with E-state index in [0.29, 0.717) is 22.2 Å². The van der Waals surface area contributed by atoms with Crippen LogP contribution in [0.25, 0.3) is 5.65 Å². The van der Waals surface area contributed by atoms with Crippen molar-refractivity contribution in [2.75, 3.05) is 6.61 Å². The lowest BCUT2D eigenvalue weighted by molar-refractivity contribution is 0.355. The fraction of sp³-hybridized carbons (Fsp3) is 0.154. The monoisotopic (exact) mass is 288 g/mol. The molecule has 0 N–H and O–H groups in total. The Morgan fingerprint density at radius 1 is 1.35 bits per heavy atom. The van der Waals surface area contributed by atoms with Crippen molar-refractivity contribution in [3.05, 3.63) is 40.6 Å². The standard InChI is InChI=1S/C13H9FN4OS/c14-8-13-16-10(9-20-13)2-1-7-19-12-4-6-18-11(17-12)3-5-15-18/h3-6,9H,7-8H2. The summed E-state index contributed by atoms with van der Waals surface area (Å²) in [6, 6.07) is 3.50. The Labute approximate surface area is 118 Å². The van der Waals surface area contributed by atoms with Gasteiger partial charge in [-0.15, -0.1) is 11.3 Å². The van der Waals surface area contributed by atoms with E-state index in [9.17, 15) is 4.39 Å². The molecule has 0 atom stereocenters. The second-order valence-corrected chi connectivity index (χ2v) is 4.69. The molecule has 3 aromatic rings. The molecule has 5 nitrogen and oxygen atoms in total. The van der Waals surface area contributed by atoms with Gasteiger partial charge in [0.1, 0.15) is 17.4 Å². The first-order chi connectivity index (χ1) is 9.85. The Morgan fingerprint density at radius 3 is 3.15 bits per heavy atom. The highest BCUT2D eigenvalue weighted by molar-refractivity contribution is 7.09. The summed E-state index contributed by atoms with van der Waals surface area (Å²) in [4.78, 5) is 8.24. The van der Waals surface area contributed by atoms with E-state index in [1.165, 1.54) is 11.3 Å². The quantitative estimate of drug-likeness (QED) is 0.692. The van der Waals surface area contributed by atoms with Crippen LogP contribution in [-0.2, 0) is 6.67 Å². The van der Waals surface area contributed by atoms with Crippen molar-refractivity contribution in [2.24, 2.45) is 0 Å². The van der Waals surface area contributed by atoms with Crippen LogP contribution < -0.4 is 4.74 Å². The van der Waals surface area contributed by atoms with E-state index in [1.807, 2.05) is 0 Å². The van der Waals surface area contributed by atoms with Gasteiger partial charge in [-0.05, 0) is 5.92 Å². The van der Waals surface area contributed by atoms with Gasteiger partial charge in [-0.2, -0.15) is 10.1 Å². The highest BCUT2D eigenvalue weighted by Crippen LogP contribution is 2.10. The van der Waals surface area contributed by atoms with Gasteiger partial charge < -0.3 is 4.74 Å². The molecule has 0 aromatic carbocycles. The van der Waals surface area contributed by atoms with E-state index in [0.717, 1.165) is 0 Å². The molecule has 0 unspecified atom stereocenters. The van der Waals surface area contributed by atoms with Crippen LogP contribution in [-0.4, -0.2) is 26.2 Å². The second kappa shape index (κ2) is 5.67. The number of aromatic nitrogens is 4. The zero-order valence-electron chi connectivity index (χ0n) is 10.3. The summed E-state index contributed by atoms with van der Waals surface area (Å²) < 4.78 is 19.4. The first kappa shape index (κ1) is 12.6. The summed E-state index contributed by atoms with van der Waals surface area (Å²) in [5.74, 6) is 6.11. The van der Waals surface area contributed by atoms with E-state index in [-0.39, 0.29) is 6.61 Å². The number of hydrogen-bond acceptors (Lipinski definition) is 5. The number of thiazole rings is 1. The highest BCUT2D eigenvalue weighted by atomic mass is 32.1. The molecule has 0 amide bonds. The molecule has 0 fully saturated rings. The van der Waals surface area contributed by atoms with Crippen LogP contribution in [0.1, 0.15) is 10.7 Å². The predicted octanol–water partition coefficient (Wildman–Crippen LogP) is 2.09. The number of nitrogens with zero attached hydrogens (tertiary/aromatic N) is 4. The number of fused-ring (bicyclic) bond motifs is 1. The van der Waals surface area contributed by atoms with Crippen LogP contribution in [0.2, 0.25) is 0 Å². The molecule has 0 saturated carbocycles. The van der Waals surface area contributed by atoms with Gasteiger partial charge in [-0.25, -0.2) is 13.9 Å². The number of alkyl halides is 1. The van der Waals surface area contributed by atoms with Gasteiger partial charge in [0.25, 0.3) is 0 Å². The topological polar surface area (TPSA) is 52.3 Å². The maximum atomic E-state index is 12.3. The minimum absolute atomic E-state index is 0.194. The lowest BCUT2D eigenvalue weighted by atomic mass is 10.5. The minimum Gasteiger partial charge on any atom is -0.464 e. The van der Waals surface area contributed by atoms with Gasteiger partial charge in [-0.1, -0.05) is 5.92 Å². The average molecular weight is 288 g/mol. The first-order valence-electron chi connectivity index (χ1n) is 5.77. The van der Waals surface area contributed by atoms with Crippen molar-refractivity contribution in [3.8, 4) is 17.7 Å². The molecule has 20 heavy (non-hydrogen) atoms. The third kappa shape index (κ3) is 2.75. The number of hydrogen-bond donors (Lipinski definition) is 0. The van der Waals surface area contributed by atoms with Gasteiger partial charge >= 0.3 is 0 Å². The number of ether oxygens (including phenoxy) is 1. The van der Waals surface area contributed by atoms with Gasteiger partial charge in [-0.3, -0.25) is 0 Å². The zero-order valence-corrected chi connectivity index (χ0v) is 11.1. The molecule has 7 heteroatoms. The lowest BCUT2D eigenvalue weighted by Crippen LogP contribution is -1.98. The molecule has 0 radical (unpaired) electrons. The van der Waals surface area contributed by atoms with Crippen LogP contribution in [0.15, 0.2) is 29.9 Å². The van der Waals surface area contributed by atoms with Crippen LogP contribution in [0.4, 0.5) is 4.39 Å². The minimum atomic E-state index is -0.557. The highest BCUT2D eigenvalue weighted by Gasteiger charge is 1.99. The molecule has 0 spiro atoms. The molecular formula is C13H9FN4OS. The molecule has 0 aliphatic carbocycles. The summed E-state index contributed by atoms with van der Waals surface area (Å²) in [6.07, 6.45) is 3.43. The Kier molecular flexibility index (Phi) is 3.56. The normalized spacial score (nSPS) is 10.2. The Morgan fingerprint density at radius 2 is 2.30 bits per heavy atom. The van der Waals surface area contributed by atoms with Crippen LogP contribution in [0, 0.1) is 11.8 Å². The van der Waals surface area contributed by atoms with Crippen LogP contribution in [0.5, 0.6) is 5.88 Å². The molecule has 0 saturated heterocycles. The van der Waals surface area contributed by atoms with E-state index < -0.39 is 6.67 Å². The Hall–Kier alpha value is -2.46. The van der Waals surface area contributed by atoms with E-state index in [4.69, 9.17) is 4.74 Å². The summed E-state index contributed by atoms with van der Waals surface area (Å²) in [5, 5.41) is 6.19. The van der Waals surface area contributed by atoms with Crippen molar-refractivity contribution in [1.29, 1.82) is 0 Å². The van der Waals surface area contributed by atoms with Crippen LogP contribution in [0.3, 0.4) is 0 Å². The predicted molar refractivity (Wildman–Crippen MR) is 72.3 cm³/mol. The molecule has 3 aromatic heterocycles. The molecule has 0 bridgehead atoms. The van der Waals surface area contributed by atoms with Crippen molar-refractivity contribution in [1.82, 2.24) is 19.6 Å². The van der Waals surface area contributed by atoms with Gasteiger partial charge in [0.2, 0.25) is 5.88 Å². The van der Waals surface area contributed by atoms with Crippen molar-refractivity contribution >= 4 is 17.0 Å². The first-order valence-corrected chi connectivity index (χ1v) is 6.65. The Balaban J connectivity index is 1.62. The third-order valence-corrected chi connectivity index (χ3v) is 3.22. The van der Waals surface area contributed by atoms with Crippen molar-refractivity contribution < 1.29 is 9.13 Å². The lowest BCUT2D eigenvalue weighted by Gasteiger charge is -2.00. The molecule has 3 heterocycles. The smallest absolute Gasteiger partial charge is 0.217 e. The summed E-state index contributed by atoms with van der Waals surface area (Å²) in [5.41, 5.74) is 1.27. The molecule has 0 aliphatic heterocycles. The summed E-state index contributed by atoms with van der Waals surface area (Å²) >= 11 is 1.25.